The minimum atomic E-state index is -0.617. The molecular weight excluding hydrogens is 378 g/mol. The van der Waals surface area contributed by atoms with Gasteiger partial charge in [-0.3, -0.25) is 9.78 Å². The fourth-order valence-corrected chi connectivity index (χ4v) is 3.95. The van der Waals surface area contributed by atoms with Crippen molar-refractivity contribution >= 4 is 28.5 Å². The van der Waals surface area contributed by atoms with Crippen molar-refractivity contribution in [2.75, 3.05) is 11.9 Å². The molecule has 1 saturated carbocycles. The smallest absolute Gasteiger partial charge is 0.254 e. The van der Waals surface area contributed by atoms with Crippen molar-refractivity contribution in [2.24, 2.45) is 16.5 Å². The van der Waals surface area contributed by atoms with Crippen LogP contribution in [0.3, 0.4) is 0 Å². The second-order valence-electron chi connectivity index (χ2n) is 7.97. The summed E-state index contributed by atoms with van der Waals surface area (Å²) in [5, 5.41) is 10.4. The van der Waals surface area contributed by atoms with Gasteiger partial charge in [0.05, 0.1) is 23.1 Å². The molecule has 2 aromatic rings. The predicted octanol–water partition coefficient (Wildman–Crippen LogP) is 2.07. The van der Waals surface area contributed by atoms with Crippen LogP contribution in [0.15, 0.2) is 65.2 Å². The summed E-state index contributed by atoms with van der Waals surface area (Å²) in [5.41, 5.74) is 14.0. The second kappa shape index (κ2) is 8.16. The number of rotatable bonds is 5. The lowest BCUT2D eigenvalue weighted by Gasteiger charge is -2.34. The highest BCUT2D eigenvalue weighted by Gasteiger charge is 2.29. The molecule has 1 fully saturated rings. The molecule has 0 spiro atoms. The quantitative estimate of drug-likeness (QED) is 0.518. The number of aromatic nitrogens is 1. The third-order valence-corrected chi connectivity index (χ3v) is 5.59. The van der Waals surface area contributed by atoms with Gasteiger partial charge in [-0.25, -0.2) is 0 Å². The van der Waals surface area contributed by atoms with Gasteiger partial charge in [0.2, 0.25) is 5.96 Å². The van der Waals surface area contributed by atoms with Crippen LogP contribution in [0.1, 0.15) is 32.1 Å². The van der Waals surface area contributed by atoms with E-state index in [2.05, 4.69) is 32.5 Å². The molecule has 0 saturated heterocycles. The van der Waals surface area contributed by atoms with Crippen molar-refractivity contribution in [3.05, 3.63) is 60.2 Å². The maximum Gasteiger partial charge on any atom is 0.254 e. The molecule has 30 heavy (non-hydrogen) atoms. The SMILES string of the molecule is C=C1NC(NCC2(N)CCCCC2)=NC(Nc2cnc3ccccc3c2)=C1C(N)=O. The minimum Gasteiger partial charge on any atom is -0.365 e. The van der Waals surface area contributed by atoms with Gasteiger partial charge >= 0.3 is 0 Å². The second-order valence-corrected chi connectivity index (χ2v) is 7.97. The molecule has 2 aliphatic rings. The van der Waals surface area contributed by atoms with E-state index >= 15 is 0 Å². The van der Waals surface area contributed by atoms with Crippen molar-refractivity contribution in [1.82, 2.24) is 15.6 Å². The third-order valence-electron chi connectivity index (χ3n) is 5.59. The van der Waals surface area contributed by atoms with Crippen LogP contribution in [-0.4, -0.2) is 28.9 Å². The van der Waals surface area contributed by atoms with Crippen molar-refractivity contribution in [2.45, 2.75) is 37.6 Å². The monoisotopic (exact) mass is 405 g/mol. The Hall–Kier alpha value is -3.39. The molecule has 2 heterocycles. The van der Waals surface area contributed by atoms with Crippen LogP contribution in [0.25, 0.3) is 10.9 Å². The van der Waals surface area contributed by atoms with Crippen molar-refractivity contribution in [1.29, 1.82) is 0 Å². The number of carbonyl (C=O) groups is 1. The molecule has 8 heteroatoms. The standard InChI is InChI=1S/C22H27N7O/c1-14-18(19(23)30)20(28-16-11-15-7-3-4-8-17(15)25-12-16)29-21(27-14)26-13-22(24)9-5-2-6-10-22/h3-4,7-8,11-12,28H,1-2,5-6,9-10,13,24H2,(H2,23,30)(H2,26,27,29). The van der Waals surface area contributed by atoms with E-state index in [-0.39, 0.29) is 11.1 Å². The number of anilines is 1. The summed E-state index contributed by atoms with van der Waals surface area (Å²) < 4.78 is 0. The number of guanidine groups is 1. The zero-order chi connectivity index (χ0) is 21.1. The van der Waals surface area contributed by atoms with E-state index in [1.807, 2.05) is 30.3 Å². The molecule has 4 rings (SSSR count). The Kier molecular flexibility index (Phi) is 5.41. The fraction of sp³-hybridized carbons (Fsp3) is 0.318. The molecule has 1 amide bonds. The van der Waals surface area contributed by atoms with Crippen LogP contribution in [0, 0.1) is 0 Å². The molecule has 0 unspecified atom stereocenters. The van der Waals surface area contributed by atoms with E-state index in [0.29, 0.717) is 29.7 Å². The van der Waals surface area contributed by atoms with Gasteiger partial charge in [-0.05, 0) is 25.0 Å². The van der Waals surface area contributed by atoms with Crippen LogP contribution >= 0.6 is 0 Å². The van der Waals surface area contributed by atoms with Crippen molar-refractivity contribution in [3.8, 4) is 0 Å². The number of fused-ring (bicyclic) bond motifs is 1. The highest BCUT2D eigenvalue weighted by molar-refractivity contribution is 6.01. The molecule has 8 nitrogen and oxygen atoms in total. The van der Waals surface area contributed by atoms with Gasteiger partial charge in [-0.15, -0.1) is 0 Å². The fourth-order valence-electron chi connectivity index (χ4n) is 3.95. The van der Waals surface area contributed by atoms with Gasteiger partial charge in [0, 0.05) is 17.5 Å². The highest BCUT2D eigenvalue weighted by atomic mass is 16.1. The van der Waals surface area contributed by atoms with E-state index in [9.17, 15) is 4.79 Å². The van der Waals surface area contributed by atoms with Crippen molar-refractivity contribution < 1.29 is 4.79 Å². The zero-order valence-corrected chi connectivity index (χ0v) is 16.9. The number of nitrogens with zero attached hydrogens (tertiary/aromatic N) is 2. The van der Waals surface area contributed by atoms with E-state index in [1.165, 1.54) is 6.42 Å². The van der Waals surface area contributed by atoms with Gasteiger partial charge < -0.3 is 27.4 Å². The third kappa shape index (κ3) is 4.28. The lowest BCUT2D eigenvalue weighted by atomic mass is 9.82. The number of benzene rings is 1. The highest BCUT2D eigenvalue weighted by Crippen LogP contribution is 2.26. The summed E-state index contributed by atoms with van der Waals surface area (Å²) in [7, 11) is 0. The molecule has 1 aliphatic heterocycles. The Bertz CT molecular complexity index is 1050. The van der Waals surface area contributed by atoms with E-state index in [4.69, 9.17) is 11.5 Å². The zero-order valence-electron chi connectivity index (χ0n) is 16.9. The maximum atomic E-state index is 12.0. The van der Waals surface area contributed by atoms with Gasteiger partial charge in [0.15, 0.2) is 0 Å². The first kappa shape index (κ1) is 19.9. The van der Waals surface area contributed by atoms with E-state index in [1.54, 1.807) is 6.20 Å². The number of amides is 1. The first-order valence-corrected chi connectivity index (χ1v) is 10.2. The normalized spacial score (nSPS) is 18.6. The summed E-state index contributed by atoms with van der Waals surface area (Å²) in [6, 6.07) is 9.74. The Labute approximate surface area is 175 Å². The number of carbonyl (C=O) groups excluding carboxylic acids is 1. The number of primary amides is 1. The largest absolute Gasteiger partial charge is 0.365 e. The summed E-state index contributed by atoms with van der Waals surface area (Å²) in [6.45, 7) is 4.53. The lowest BCUT2D eigenvalue weighted by molar-refractivity contribution is -0.114. The number of aliphatic imine (C=N–C) groups is 1. The summed E-state index contributed by atoms with van der Waals surface area (Å²) in [5.74, 6) is 0.186. The average Bonchev–Trinajstić information content (AvgIpc) is 2.72. The number of para-hydroxylation sites is 1. The molecule has 7 N–H and O–H groups in total. The minimum absolute atomic E-state index is 0.203. The first-order valence-electron chi connectivity index (χ1n) is 10.2. The maximum absolute atomic E-state index is 12.0. The van der Waals surface area contributed by atoms with E-state index < -0.39 is 5.91 Å². The summed E-state index contributed by atoms with van der Waals surface area (Å²) in [6.07, 6.45) is 7.15. The van der Waals surface area contributed by atoms with Crippen LogP contribution < -0.4 is 27.4 Å². The molecular formula is C22H27N7O. The lowest BCUT2D eigenvalue weighted by Crippen LogP contribution is -2.54. The number of nitrogens with two attached hydrogens (primary N) is 2. The molecule has 0 radical (unpaired) electrons. The molecule has 1 aliphatic carbocycles. The molecule has 0 bridgehead atoms. The Balaban J connectivity index is 1.58. The number of nitrogens with one attached hydrogen (secondary N) is 3. The Morgan fingerprint density at radius 2 is 2.00 bits per heavy atom. The van der Waals surface area contributed by atoms with Gasteiger partial charge in [-0.2, -0.15) is 4.99 Å². The van der Waals surface area contributed by atoms with Crippen LogP contribution in [0.5, 0.6) is 0 Å². The van der Waals surface area contributed by atoms with Crippen LogP contribution in [-0.2, 0) is 4.79 Å². The number of hydrogen-bond acceptors (Lipinski definition) is 7. The van der Waals surface area contributed by atoms with Gasteiger partial charge in [0.25, 0.3) is 5.91 Å². The van der Waals surface area contributed by atoms with Gasteiger partial charge in [-0.1, -0.05) is 44.0 Å². The van der Waals surface area contributed by atoms with Gasteiger partial charge in [0.1, 0.15) is 11.4 Å². The van der Waals surface area contributed by atoms with Crippen molar-refractivity contribution in [3.63, 3.8) is 0 Å². The number of hydrogen-bond donors (Lipinski definition) is 5. The Morgan fingerprint density at radius 1 is 1.23 bits per heavy atom. The average molecular weight is 406 g/mol. The Morgan fingerprint density at radius 3 is 2.77 bits per heavy atom. The molecule has 156 valence electrons. The molecule has 0 atom stereocenters. The van der Waals surface area contributed by atoms with Crippen LogP contribution in [0.2, 0.25) is 0 Å². The molecule has 1 aromatic carbocycles. The van der Waals surface area contributed by atoms with E-state index in [0.717, 1.165) is 36.6 Å². The van der Waals surface area contributed by atoms with Crippen LogP contribution in [0.4, 0.5) is 5.69 Å². The summed E-state index contributed by atoms with van der Waals surface area (Å²) >= 11 is 0. The summed E-state index contributed by atoms with van der Waals surface area (Å²) in [4.78, 5) is 21.0. The first-order chi connectivity index (χ1) is 14.4. The predicted molar refractivity (Wildman–Crippen MR) is 119 cm³/mol. The molecule has 1 aromatic heterocycles. The number of pyridine rings is 1. The topological polar surface area (TPSA) is 130 Å².